The van der Waals surface area contributed by atoms with Gasteiger partial charge in [0.2, 0.25) is 0 Å². The molecule has 0 aromatic heterocycles. The van der Waals surface area contributed by atoms with Gasteiger partial charge < -0.3 is 10.8 Å². The lowest BCUT2D eigenvalue weighted by Crippen LogP contribution is -2.40. The third-order valence-corrected chi connectivity index (χ3v) is 3.12. The number of hydrogen-bond donors (Lipinski definition) is 2. The van der Waals surface area contributed by atoms with Gasteiger partial charge in [-0.05, 0) is 38.8 Å². The fraction of sp³-hybridized carbons (Fsp3) is 1.00. The van der Waals surface area contributed by atoms with Gasteiger partial charge in [-0.3, -0.25) is 4.90 Å². The standard InChI is InChI=1S/C11H24N2O/c12-10-11-6-2-1-3-7-13(11)8-4-5-9-14/h11,14H,1-10,12H2. The molecule has 0 aliphatic carbocycles. The summed E-state index contributed by atoms with van der Waals surface area (Å²) in [4.78, 5) is 2.52. The molecule has 1 atom stereocenters. The molecule has 84 valence electrons. The Kier molecular flexibility index (Phi) is 6.15. The van der Waals surface area contributed by atoms with Crippen molar-refractivity contribution in [3.63, 3.8) is 0 Å². The smallest absolute Gasteiger partial charge is 0.0431 e. The summed E-state index contributed by atoms with van der Waals surface area (Å²) in [7, 11) is 0. The molecule has 0 radical (unpaired) electrons. The normalized spacial score (nSPS) is 24.9. The second-order valence-electron chi connectivity index (χ2n) is 4.21. The molecule has 1 heterocycles. The van der Waals surface area contributed by atoms with Crippen LogP contribution in [0.2, 0.25) is 0 Å². The van der Waals surface area contributed by atoms with Crippen molar-refractivity contribution in [3.8, 4) is 0 Å². The zero-order valence-corrected chi connectivity index (χ0v) is 9.12. The van der Waals surface area contributed by atoms with Gasteiger partial charge in [0.1, 0.15) is 0 Å². The molecule has 3 nitrogen and oxygen atoms in total. The van der Waals surface area contributed by atoms with E-state index in [0.717, 1.165) is 25.9 Å². The van der Waals surface area contributed by atoms with Crippen LogP contribution in [-0.2, 0) is 0 Å². The van der Waals surface area contributed by atoms with Crippen molar-refractivity contribution in [1.82, 2.24) is 4.90 Å². The van der Waals surface area contributed by atoms with E-state index in [9.17, 15) is 0 Å². The predicted octanol–water partition coefficient (Wildman–Crippen LogP) is 0.962. The molecule has 1 fully saturated rings. The van der Waals surface area contributed by atoms with Crippen LogP contribution >= 0.6 is 0 Å². The van der Waals surface area contributed by atoms with Gasteiger partial charge in [-0.25, -0.2) is 0 Å². The predicted molar refractivity (Wildman–Crippen MR) is 59.2 cm³/mol. The van der Waals surface area contributed by atoms with Crippen molar-refractivity contribution < 1.29 is 5.11 Å². The summed E-state index contributed by atoms with van der Waals surface area (Å²) in [5.41, 5.74) is 5.78. The highest BCUT2D eigenvalue weighted by molar-refractivity contribution is 4.75. The maximum Gasteiger partial charge on any atom is 0.0431 e. The van der Waals surface area contributed by atoms with Gasteiger partial charge in [0.15, 0.2) is 0 Å². The third-order valence-electron chi connectivity index (χ3n) is 3.12. The largest absolute Gasteiger partial charge is 0.396 e. The minimum atomic E-state index is 0.321. The number of unbranched alkanes of at least 4 members (excludes halogenated alkanes) is 1. The molecule has 0 saturated carbocycles. The van der Waals surface area contributed by atoms with Crippen LogP contribution in [0.15, 0.2) is 0 Å². The van der Waals surface area contributed by atoms with E-state index in [1.165, 1.54) is 32.2 Å². The maximum atomic E-state index is 8.73. The third kappa shape index (κ3) is 3.95. The number of nitrogens with zero attached hydrogens (tertiary/aromatic N) is 1. The number of aliphatic hydroxyl groups excluding tert-OH is 1. The molecule has 0 aromatic carbocycles. The molecule has 1 aliphatic heterocycles. The van der Waals surface area contributed by atoms with Gasteiger partial charge in [-0.2, -0.15) is 0 Å². The lowest BCUT2D eigenvalue weighted by atomic mass is 10.1. The zero-order chi connectivity index (χ0) is 10.2. The molecule has 3 N–H and O–H groups in total. The van der Waals surface area contributed by atoms with E-state index in [-0.39, 0.29) is 0 Å². The molecule has 0 bridgehead atoms. The molecule has 1 rings (SSSR count). The number of aliphatic hydroxyl groups is 1. The first-order chi connectivity index (χ1) is 6.88. The van der Waals surface area contributed by atoms with E-state index >= 15 is 0 Å². The van der Waals surface area contributed by atoms with Crippen molar-refractivity contribution >= 4 is 0 Å². The molecule has 1 saturated heterocycles. The van der Waals surface area contributed by atoms with Crippen LogP contribution < -0.4 is 5.73 Å². The highest BCUT2D eigenvalue weighted by Crippen LogP contribution is 2.16. The van der Waals surface area contributed by atoms with Gasteiger partial charge in [0.05, 0.1) is 0 Å². The Bertz CT molecular complexity index is 141. The summed E-state index contributed by atoms with van der Waals surface area (Å²) >= 11 is 0. The highest BCUT2D eigenvalue weighted by atomic mass is 16.2. The Hall–Kier alpha value is -0.120. The van der Waals surface area contributed by atoms with Gasteiger partial charge in [0.25, 0.3) is 0 Å². The fourth-order valence-electron chi connectivity index (χ4n) is 2.22. The lowest BCUT2D eigenvalue weighted by Gasteiger charge is -2.28. The second kappa shape index (κ2) is 7.21. The maximum absolute atomic E-state index is 8.73. The second-order valence-corrected chi connectivity index (χ2v) is 4.21. The fourth-order valence-corrected chi connectivity index (χ4v) is 2.22. The van der Waals surface area contributed by atoms with Gasteiger partial charge in [-0.1, -0.05) is 12.8 Å². The Morgan fingerprint density at radius 3 is 2.79 bits per heavy atom. The van der Waals surface area contributed by atoms with E-state index < -0.39 is 0 Å². The lowest BCUT2D eigenvalue weighted by molar-refractivity contribution is 0.191. The first-order valence-corrected chi connectivity index (χ1v) is 5.93. The van der Waals surface area contributed by atoms with Crippen LogP contribution in [0.5, 0.6) is 0 Å². The first kappa shape index (κ1) is 12.0. The van der Waals surface area contributed by atoms with Gasteiger partial charge in [-0.15, -0.1) is 0 Å². The average molecular weight is 200 g/mol. The Morgan fingerprint density at radius 2 is 2.07 bits per heavy atom. The van der Waals surface area contributed by atoms with E-state index in [1.807, 2.05) is 0 Å². The van der Waals surface area contributed by atoms with E-state index in [2.05, 4.69) is 4.90 Å². The van der Waals surface area contributed by atoms with Crippen LogP contribution in [-0.4, -0.2) is 42.3 Å². The highest BCUT2D eigenvalue weighted by Gasteiger charge is 2.18. The summed E-state index contributed by atoms with van der Waals surface area (Å²) in [6.45, 7) is 3.43. The molecule has 0 amide bonds. The van der Waals surface area contributed by atoms with Crippen molar-refractivity contribution in [2.75, 3.05) is 26.2 Å². The van der Waals surface area contributed by atoms with Crippen LogP contribution in [0.1, 0.15) is 38.5 Å². The molecule has 0 spiro atoms. The Balaban J connectivity index is 2.28. The Labute approximate surface area is 87.3 Å². The van der Waals surface area contributed by atoms with Crippen molar-refractivity contribution in [1.29, 1.82) is 0 Å². The van der Waals surface area contributed by atoms with Crippen LogP contribution in [0.4, 0.5) is 0 Å². The quantitative estimate of drug-likeness (QED) is 0.650. The summed E-state index contributed by atoms with van der Waals surface area (Å²) in [6, 6.07) is 0.594. The van der Waals surface area contributed by atoms with Crippen LogP contribution in [0, 0.1) is 0 Å². The number of nitrogens with two attached hydrogens (primary N) is 1. The van der Waals surface area contributed by atoms with E-state index in [0.29, 0.717) is 12.6 Å². The van der Waals surface area contributed by atoms with Crippen molar-refractivity contribution in [3.05, 3.63) is 0 Å². The molecule has 1 aliphatic rings. The number of likely N-dealkylation sites (tertiary alicyclic amines) is 1. The van der Waals surface area contributed by atoms with Crippen molar-refractivity contribution in [2.45, 2.75) is 44.6 Å². The molecular weight excluding hydrogens is 176 g/mol. The summed E-state index contributed by atoms with van der Waals surface area (Å²) in [6.07, 6.45) is 7.29. The molecule has 3 heteroatoms. The monoisotopic (exact) mass is 200 g/mol. The van der Waals surface area contributed by atoms with E-state index in [4.69, 9.17) is 10.8 Å². The topological polar surface area (TPSA) is 49.5 Å². The minimum Gasteiger partial charge on any atom is -0.396 e. The average Bonchev–Trinajstić information content (AvgIpc) is 2.43. The zero-order valence-electron chi connectivity index (χ0n) is 9.12. The van der Waals surface area contributed by atoms with Crippen LogP contribution in [0.3, 0.4) is 0 Å². The SMILES string of the molecule is NCC1CCCCCN1CCCCO. The summed E-state index contributed by atoms with van der Waals surface area (Å²) < 4.78 is 0. The summed E-state index contributed by atoms with van der Waals surface area (Å²) in [5, 5.41) is 8.73. The van der Waals surface area contributed by atoms with Crippen molar-refractivity contribution in [2.24, 2.45) is 5.73 Å². The molecular formula is C11H24N2O. The summed E-state index contributed by atoms with van der Waals surface area (Å²) in [5.74, 6) is 0. The first-order valence-electron chi connectivity index (χ1n) is 5.93. The van der Waals surface area contributed by atoms with E-state index in [1.54, 1.807) is 0 Å². The number of rotatable bonds is 5. The molecule has 1 unspecified atom stereocenters. The minimum absolute atomic E-state index is 0.321. The molecule has 14 heavy (non-hydrogen) atoms. The van der Waals surface area contributed by atoms with Gasteiger partial charge >= 0.3 is 0 Å². The van der Waals surface area contributed by atoms with Gasteiger partial charge in [0, 0.05) is 19.2 Å². The van der Waals surface area contributed by atoms with Crippen LogP contribution in [0.25, 0.3) is 0 Å². The Morgan fingerprint density at radius 1 is 1.21 bits per heavy atom. The number of hydrogen-bond acceptors (Lipinski definition) is 3. The molecule has 0 aromatic rings.